The molecule has 2 aliphatic heterocycles. The van der Waals surface area contributed by atoms with Crippen LogP contribution in [0.2, 0.25) is 0 Å². The molecule has 112 valence electrons. The van der Waals surface area contributed by atoms with Gasteiger partial charge in [-0.15, -0.1) is 0 Å². The van der Waals surface area contributed by atoms with Crippen molar-refractivity contribution < 1.29 is 9.59 Å². The molecule has 2 saturated heterocycles. The fourth-order valence-corrected chi connectivity index (χ4v) is 3.26. The quantitative estimate of drug-likeness (QED) is 0.833. The van der Waals surface area contributed by atoms with E-state index in [0.29, 0.717) is 12.1 Å². The number of pyridine rings is 1. The molecule has 2 aliphatic rings. The van der Waals surface area contributed by atoms with E-state index in [1.165, 1.54) is 0 Å². The minimum Gasteiger partial charge on any atom is -0.356 e. The van der Waals surface area contributed by atoms with Gasteiger partial charge >= 0.3 is 0 Å². The van der Waals surface area contributed by atoms with E-state index in [9.17, 15) is 9.59 Å². The number of aromatic nitrogens is 1. The Kier molecular flexibility index (Phi) is 3.53. The third-order valence-electron chi connectivity index (χ3n) is 4.51. The van der Waals surface area contributed by atoms with E-state index in [-0.39, 0.29) is 17.2 Å². The monoisotopic (exact) mass is 288 g/mol. The van der Waals surface area contributed by atoms with E-state index < -0.39 is 0 Å². The second-order valence-corrected chi connectivity index (χ2v) is 5.79. The van der Waals surface area contributed by atoms with Gasteiger partial charge in [-0.2, -0.15) is 0 Å². The molecule has 1 atom stereocenters. The summed E-state index contributed by atoms with van der Waals surface area (Å²) >= 11 is 0. The van der Waals surface area contributed by atoms with Gasteiger partial charge < -0.3 is 15.5 Å². The highest BCUT2D eigenvalue weighted by Crippen LogP contribution is 2.38. The van der Waals surface area contributed by atoms with Crippen molar-refractivity contribution in [1.82, 2.24) is 15.6 Å². The number of amides is 2. The van der Waals surface area contributed by atoms with Gasteiger partial charge in [0.05, 0.1) is 5.41 Å². The molecule has 1 aromatic rings. The van der Waals surface area contributed by atoms with Crippen LogP contribution in [-0.4, -0.2) is 43.5 Å². The lowest BCUT2D eigenvalue weighted by Gasteiger charge is -2.32. The number of nitrogens with zero attached hydrogens (tertiary/aromatic N) is 2. The average Bonchev–Trinajstić information content (AvgIpc) is 2.95. The molecule has 0 aromatic carbocycles. The van der Waals surface area contributed by atoms with Crippen LogP contribution in [0.1, 0.15) is 29.6 Å². The van der Waals surface area contributed by atoms with E-state index in [1.807, 2.05) is 0 Å². The number of carbonyl (C=O) groups is 2. The molecule has 0 radical (unpaired) electrons. The summed E-state index contributed by atoms with van der Waals surface area (Å²) in [7, 11) is 1.61. The summed E-state index contributed by atoms with van der Waals surface area (Å²) in [5.41, 5.74) is 0.319. The number of nitrogens with one attached hydrogen (secondary N) is 2. The normalized spacial score (nSPS) is 25.0. The molecule has 0 aliphatic carbocycles. The van der Waals surface area contributed by atoms with E-state index in [0.717, 1.165) is 38.2 Å². The standard InChI is InChI=1S/C15H20N4O2/c1-16-13(20)11-3-7-17-12(9-11)19-8-5-15(10-19)4-2-6-18-14(15)21/h3,7,9H,2,4-6,8,10H2,1H3,(H,16,20)(H,18,21). The molecular weight excluding hydrogens is 268 g/mol. The number of hydrogen-bond acceptors (Lipinski definition) is 4. The van der Waals surface area contributed by atoms with Crippen molar-refractivity contribution in [3.8, 4) is 0 Å². The number of carbonyl (C=O) groups excluding carboxylic acids is 2. The van der Waals surface area contributed by atoms with Crippen molar-refractivity contribution in [2.45, 2.75) is 19.3 Å². The second kappa shape index (κ2) is 5.35. The molecule has 3 heterocycles. The maximum Gasteiger partial charge on any atom is 0.251 e. The van der Waals surface area contributed by atoms with Crippen LogP contribution in [0.5, 0.6) is 0 Å². The predicted octanol–water partition coefficient (Wildman–Crippen LogP) is 0.548. The first-order chi connectivity index (χ1) is 10.1. The highest BCUT2D eigenvalue weighted by Gasteiger charge is 2.45. The molecule has 6 nitrogen and oxygen atoms in total. The Morgan fingerprint density at radius 1 is 1.48 bits per heavy atom. The maximum atomic E-state index is 12.2. The van der Waals surface area contributed by atoms with Crippen molar-refractivity contribution in [2.24, 2.45) is 5.41 Å². The Morgan fingerprint density at radius 2 is 2.33 bits per heavy atom. The smallest absolute Gasteiger partial charge is 0.251 e. The van der Waals surface area contributed by atoms with Crippen molar-refractivity contribution in [1.29, 1.82) is 0 Å². The van der Waals surface area contributed by atoms with Gasteiger partial charge in [-0.25, -0.2) is 4.98 Å². The fraction of sp³-hybridized carbons (Fsp3) is 0.533. The Bertz CT molecular complexity index is 575. The summed E-state index contributed by atoms with van der Waals surface area (Å²) in [4.78, 5) is 30.4. The average molecular weight is 288 g/mol. The topological polar surface area (TPSA) is 74.3 Å². The van der Waals surface area contributed by atoms with Crippen molar-refractivity contribution in [3.63, 3.8) is 0 Å². The Balaban J connectivity index is 1.80. The number of hydrogen-bond donors (Lipinski definition) is 2. The Labute approximate surface area is 123 Å². The van der Waals surface area contributed by atoms with Crippen molar-refractivity contribution in [3.05, 3.63) is 23.9 Å². The van der Waals surface area contributed by atoms with E-state index in [4.69, 9.17) is 0 Å². The maximum absolute atomic E-state index is 12.2. The van der Waals surface area contributed by atoms with Gasteiger partial charge in [0.1, 0.15) is 5.82 Å². The minimum absolute atomic E-state index is 0.122. The first kappa shape index (κ1) is 13.9. The van der Waals surface area contributed by atoms with Gasteiger partial charge in [0.25, 0.3) is 5.91 Å². The molecule has 21 heavy (non-hydrogen) atoms. The van der Waals surface area contributed by atoms with Gasteiger partial charge in [0.2, 0.25) is 5.91 Å². The highest BCUT2D eigenvalue weighted by atomic mass is 16.2. The molecule has 1 unspecified atom stereocenters. The van der Waals surface area contributed by atoms with Crippen LogP contribution >= 0.6 is 0 Å². The molecule has 1 spiro atoms. The van der Waals surface area contributed by atoms with E-state index in [2.05, 4.69) is 20.5 Å². The molecule has 6 heteroatoms. The van der Waals surface area contributed by atoms with Crippen LogP contribution in [0.3, 0.4) is 0 Å². The second-order valence-electron chi connectivity index (χ2n) is 5.79. The van der Waals surface area contributed by atoms with Crippen LogP contribution in [-0.2, 0) is 4.79 Å². The molecular formula is C15H20N4O2. The minimum atomic E-state index is -0.275. The SMILES string of the molecule is CNC(=O)c1ccnc(N2CCC3(CCCNC3=O)C2)c1. The van der Waals surface area contributed by atoms with E-state index in [1.54, 1.807) is 25.4 Å². The zero-order chi connectivity index (χ0) is 14.9. The summed E-state index contributed by atoms with van der Waals surface area (Å²) < 4.78 is 0. The summed E-state index contributed by atoms with van der Waals surface area (Å²) in [5, 5.41) is 5.59. The van der Waals surface area contributed by atoms with Crippen LogP contribution in [0.4, 0.5) is 5.82 Å². The first-order valence-electron chi connectivity index (χ1n) is 7.36. The number of rotatable bonds is 2. The van der Waals surface area contributed by atoms with Gasteiger partial charge in [-0.1, -0.05) is 0 Å². The van der Waals surface area contributed by atoms with Gasteiger partial charge in [0, 0.05) is 38.4 Å². The third kappa shape index (κ3) is 2.46. The lowest BCUT2D eigenvalue weighted by Crippen LogP contribution is -2.47. The zero-order valence-electron chi connectivity index (χ0n) is 12.2. The summed E-state index contributed by atoms with van der Waals surface area (Å²) in [6.45, 7) is 2.27. The fourth-order valence-electron chi connectivity index (χ4n) is 3.26. The first-order valence-corrected chi connectivity index (χ1v) is 7.36. The summed E-state index contributed by atoms with van der Waals surface area (Å²) in [6.07, 6.45) is 4.46. The lowest BCUT2D eigenvalue weighted by molar-refractivity contribution is -0.132. The van der Waals surface area contributed by atoms with Gasteiger partial charge in [0.15, 0.2) is 0 Å². The third-order valence-corrected chi connectivity index (χ3v) is 4.51. The molecule has 2 N–H and O–H groups in total. The van der Waals surface area contributed by atoms with Crippen LogP contribution < -0.4 is 15.5 Å². The van der Waals surface area contributed by atoms with Crippen molar-refractivity contribution in [2.75, 3.05) is 31.6 Å². The highest BCUT2D eigenvalue weighted by molar-refractivity contribution is 5.94. The molecule has 2 fully saturated rings. The Morgan fingerprint density at radius 3 is 3.10 bits per heavy atom. The van der Waals surface area contributed by atoms with Gasteiger partial charge in [-0.05, 0) is 31.4 Å². The van der Waals surface area contributed by atoms with Gasteiger partial charge in [-0.3, -0.25) is 9.59 Å². The zero-order valence-corrected chi connectivity index (χ0v) is 12.2. The van der Waals surface area contributed by atoms with E-state index >= 15 is 0 Å². The molecule has 0 saturated carbocycles. The lowest BCUT2D eigenvalue weighted by atomic mass is 9.79. The van der Waals surface area contributed by atoms with Crippen molar-refractivity contribution >= 4 is 17.6 Å². The summed E-state index contributed by atoms with van der Waals surface area (Å²) in [6, 6.07) is 3.49. The molecule has 2 amide bonds. The summed E-state index contributed by atoms with van der Waals surface area (Å²) in [5.74, 6) is 0.813. The number of anilines is 1. The van der Waals surface area contributed by atoms with Crippen LogP contribution in [0.15, 0.2) is 18.3 Å². The number of piperidine rings is 1. The molecule has 1 aromatic heterocycles. The molecule has 0 bridgehead atoms. The van der Waals surface area contributed by atoms with Crippen LogP contribution in [0.25, 0.3) is 0 Å². The van der Waals surface area contributed by atoms with Crippen LogP contribution in [0, 0.1) is 5.41 Å². The largest absolute Gasteiger partial charge is 0.356 e. The predicted molar refractivity (Wildman–Crippen MR) is 79.1 cm³/mol. The molecule has 3 rings (SSSR count). The Hall–Kier alpha value is -2.11.